The summed E-state index contributed by atoms with van der Waals surface area (Å²) in [5.41, 5.74) is 5.19. The number of anilines is 1. The fraction of sp³-hybridized carbons (Fsp3) is 0.571. The second kappa shape index (κ2) is 6.01. The molecule has 0 saturated carbocycles. The van der Waals surface area contributed by atoms with E-state index in [1.807, 2.05) is 4.90 Å². The molecule has 0 aromatic heterocycles. The summed E-state index contributed by atoms with van der Waals surface area (Å²) in [4.78, 5) is 2.00. The monoisotopic (exact) mass is 288 g/mol. The maximum atomic E-state index is 13.0. The number of rotatable bonds is 4. The maximum absolute atomic E-state index is 13.0. The molecule has 0 aliphatic carbocycles. The Morgan fingerprint density at radius 2 is 2.10 bits per heavy atom. The van der Waals surface area contributed by atoms with Crippen molar-refractivity contribution in [1.29, 1.82) is 0 Å². The largest absolute Gasteiger partial charge is 0.416 e. The zero-order valence-corrected chi connectivity index (χ0v) is 11.2. The Hall–Kier alpha value is -1.27. The minimum absolute atomic E-state index is 0.126. The van der Waals surface area contributed by atoms with E-state index in [0.29, 0.717) is 12.3 Å². The third-order valence-corrected chi connectivity index (χ3v) is 3.74. The Kier molecular flexibility index (Phi) is 4.55. The zero-order valence-electron chi connectivity index (χ0n) is 11.2. The maximum Gasteiger partial charge on any atom is 0.416 e. The predicted molar refractivity (Wildman–Crippen MR) is 70.9 cm³/mol. The molecule has 112 valence electrons. The van der Waals surface area contributed by atoms with Crippen LogP contribution in [0.3, 0.4) is 0 Å². The highest BCUT2D eigenvalue weighted by molar-refractivity contribution is 5.46. The molecule has 20 heavy (non-hydrogen) atoms. The van der Waals surface area contributed by atoms with Gasteiger partial charge in [0.05, 0.1) is 5.56 Å². The van der Waals surface area contributed by atoms with Gasteiger partial charge in [0, 0.05) is 25.4 Å². The number of nitrogens with two attached hydrogens (primary N) is 1. The van der Waals surface area contributed by atoms with Crippen LogP contribution in [0.2, 0.25) is 0 Å². The Morgan fingerprint density at radius 1 is 1.35 bits per heavy atom. The van der Waals surface area contributed by atoms with E-state index in [-0.39, 0.29) is 24.4 Å². The fourth-order valence-electron chi connectivity index (χ4n) is 2.71. The van der Waals surface area contributed by atoms with Crippen LogP contribution in [0.25, 0.3) is 0 Å². The molecule has 1 aromatic rings. The molecule has 1 aliphatic rings. The van der Waals surface area contributed by atoms with Crippen LogP contribution in [0, 0.1) is 5.92 Å². The number of aliphatic hydroxyl groups excluding tert-OH is 1. The quantitative estimate of drug-likeness (QED) is 0.837. The molecule has 0 spiro atoms. The number of nitrogen functional groups attached to an aromatic ring is 1. The van der Waals surface area contributed by atoms with Gasteiger partial charge in [0.15, 0.2) is 0 Å². The van der Waals surface area contributed by atoms with Gasteiger partial charge >= 0.3 is 6.18 Å². The number of halogens is 3. The molecule has 1 aromatic carbocycles. The van der Waals surface area contributed by atoms with Gasteiger partial charge in [-0.05, 0) is 43.0 Å². The molecule has 1 heterocycles. The molecule has 1 atom stereocenters. The molecule has 2 rings (SSSR count). The standard InChI is InChI=1S/C14H19F3N2O/c15-14(16,17)13-7-12(18)2-1-11(13)9-19-5-3-10(8-19)4-6-20/h1-2,7,10,20H,3-6,8-9,18H2. The van der Waals surface area contributed by atoms with Crippen molar-refractivity contribution < 1.29 is 18.3 Å². The smallest absolute Gasteiger partial charge is 0.399 e. The average molecular weight is 288 g/mol. The summed E-state index contributed by atoms with van der Waals surface area (Å²) in [7, 11) is 0. The Balaban J connectivity index is 2.10. The second-order valence-electron chi connectivity index (χ2n) is 5.32. The van der Waals surface area contributed by atoms with E-state index >= 15 is 0 Å². The van der Waals surface area contributed by atoms with Crippen molar-refractivity contribution in [3.05, 3.63) is 29.3 Å². The van der Waals surface area contributed by atoms with Gasteiger partial charge in [0.1, 0.15) is 0 Å². The lowest BCUT2D eigenvalue weighted by Crippen LogP contribution is -2.22. The Labute approximate surface area is 116 Å². The van der Waals surface area contributed by atoms with E-state index in [1.54, 1.807) is 0 Å². The number of hydrogen-bond acceptors (Lipinski definition) is 3. The third kappa shape index (κ3) is 3.64. The minimum Gasteiger partial charge on any atom is -0.399 e. The van der Waals surface area contributed by atoms with Crippen LogP contribution in [-0.4, -0.2) is 29.7 Å². The van der Waals surface area contributed by atoms with E-state index in [2.05, 4.69) is 0 Å². The van der Waals surface area contributed by atoms with Crippen LogP contribution < -0.4 is 5.73 Å². The SMILES string of the molecule is Nc1ccc(CN2CCC(CCO)C2)c(C(F)(F)F)c1. The fourth-order valence-corrected chi connectivity index (χ4v) is 2.71. The topological polar surface area (TPSA) is 49.5 Å². The lowest BCUT2D eigenvalue weighted by atomic mass is 10.0. The van der Waals surface area contributed by atoms with E-state index in [0.717, 1.165) is 25.6 Å². The first-order valence-electron chi connectivity index (χ1n) is 6.69. The highest BCUT2D eigenvalue weighted by Gasteiger charge is 2.34. The van der Waals surface area contributed by atoms with Crippen LogP contribution in [0.5, 0.6) is 0 Å². The summed E-state index contributed by atoms with van der Waals surface area (Å²) in [5.74, 6) is 0.378. The van der Waals surface area contributed by atoms with Crippen LogP contribution >= 0.6 is 0 Å². The molecule has 3 N–H and O–H groups in total. The molecule has 0 bridgehead atoms. The zero-order chi connectivity index (χ0) is 14.8. The number of likely N-dealkylation sites (tertiary alicyclic amines) is 1. The molecule has 6 heteroatoms. The molecule has 0 amide bonds. The van der Waals surface area contributed by atoms with Gasteiger partial charge in [0.2, 0.25) is 0 Å². The summed E-state index contributed by atoms with van der Waals surface area (Å²) >= 11 is 0. The number of alkyl halides is 3. The average Bonchev–Trinajstić information content (AvgIpc) is 2.78. The lowest BCUT2D eigenvalue weighted by molar-refractivity contribution is -0.138. The van der Waals surface area contributed by atoms with Gasteiger partial charge in [-0.25, -0.2) is 0 Å². The summed E-state index contributed by atoms with van der Waals surface area (Å²) in [6.07, 6.45) is -2.74. The molecular weight excluding hydrogens is 269 g/mol. The highest BCUT2D eigenvalue weighted by atomic mass is 19.4. The highest BCUT2D eigenvalue weighted by Crippen LogP contribution is 2.34. The first-order chi connectivity index (χ1) is 9.40. The van der Waals surface area contributed by atoms with Gasteiger partial charge in [-0.2, -0.15) is 13.2 Å². The normalized spacial score (nSPS) is 20.5. The van der Waals surface area contributed by atoms with Crippen LogP contribution in [0.4, 0.5) is 18.9 Å². The van der Waals surface area contributed by atoms with Crippen LogP contribution in [0.15, 0.2) is 18.2 Å². The molecule has 1 fully saturated rings. The van der Waals surface area contributed by atoms with Gasteiger partial charge in [0.25, 0.3) is 0 Å². The molecule has 1 saturated heterocycles. The summed E-state index contributed by atoms with van der Waals surface area (Å²) < 4.78 is 39.0. The first-order valence-corrected chi connectivity index (χ1v) is 6.69. The summed E-state index contributed by atoms with van der Waals surface area (Å²) in [6.45, 7) is 1.92. The minimum atomic E-state index is -4.38. The van der Waals surface area contributed by atoms with Crippen molar-refractivity contribution in [3.63, 3.8) is 0 Å². The van der Waals surface area contributed by atoms with Crippen molar-refractivity contribution in [3.8, 4) is 0 Å². The molecule has 3 nitrogen and oxygen atoms in total. The summed E-state index contributed by atoms with van der Waals surface area (Å²) in [6, 6.07) is 3.96. The van der Waals surface area contributed by atoms with Crippen molar-refractivity contribution in [2.45, 2.75) is 25.6 Å². The van der Waals surface area contributed by atoms with Gasteiger partial charge < -0.3 is 10.8 Å². The van der Waals surface area contributed by atoms with Gasteiger partial charge in [-0.15, -0.1) is 0 Å². The van der Waals surface area contributed by atoms with Crippen molar-refractivity contribution in [2.24, 2.45) is 5.92 Å². The predicted octanol–water partition coefficient (Wildman–Crippen LogP) is 2.49. The molecule has 1 aliphatic heterocycles. The van der Waals surface area contributed by atoms with E-state index in [1.165, 1.54) is 12.1 Å². The molecular formula is C14H19F3N2O. The second-order valence-corrected chi connectivity index (χ2v) is 5.32. The van der Waals surface area contributed by atoms with Crippen molar-refractivity contribution in [2.75, 3.05) is 25.4 Å². The van der Waals surface area contributed by atoms with E-state index < -0.39 is 11.7 Å². The van der Waals surface area contributed by atoms with Gasteiger partial charge in [-0.3, -0.25) is 4.90 Å². The van der Waals surface area contributed by atoms with Crippen molar-refractivity contribution in [1.82, 2.24) is 4.90 Å². The van der Waals surface area contributed by atoms with E-state index in [4.69, 9.17) is 10.8 Å². The third-order valence-electron chi connectivity index (χ3n) is 3.74. The Bertz CT molecular complexity index is 462. The molecule has 0 radical (unpaired) electrons. The Morgan fingerprint density at radius 3 is 2.75 bits per heavy atom. The van der Waals surface area contributed by atoms with Gasteiger partial charge in [-0.1, -0.05) is 6.07 Å². The number of hydrogen-bond donors (Lipinski definition) is 2. The van der Waals surface area contributed by atoms with E-state index in [9.17, 15) is 13.2 Å². The number of aliphatic hydroxyl groups is 1. The lowest BCUT2D eigenvalue weighted by Gasteiger charge is -2.20. The van der Waals surface area contributed by atoms with Crippen molar-refractivity contribution >= 4 is 5.69 Å². The number of benzene rings is 1. The van der Waals surface area contributed by atoms with Crippen LogP contribution in [-0.2, 0) is 12.7 Å². The molecule has 1 unspecified atom stereocenters. The number of nitrogens with zero attached hydrogens (tertiary/aromatic N) is 1. The first kappa shape index (κ1) is 15.1. The van der Waals surface area contributed by atoms with Crippen LogP contribution in [0.1, 0.15) is 24.0 Å². The summed E-state index contributed by atoms with van der Waals surface area (Å²) in [5, 5.41) is 8.90.